The van der Waals surface area contributed by atoms with Gasteiger partial charge in [0.2, 0.25) is 21.8 Å². The summed E-state index contributed by atoms with van der Waals surface area (Å²) in [6.45, 7) is 10.4. The molecule has 2 aromatic heterocycles. The summed E-state index contributed by atoms with van der Waals surface area (Å²) in [5.74, 6) is 2.70. The Hall–Kier alpha value is -3.02. The van der Waals surface area contributed by atoms with Crippen molar-refractivity contribution in [2.75, 3.05) is 43.4 Å². The molecule has 5 unspecified atom stereocenters. The summed E-state index contributed by atoms with van der Waals surface area (Å²) in [4.78, 5) is 9.21. The first kappa shape index (κ1) is 30.9. The molecule has 0 amide bonds. The van der Waals surface area contributed by atoms with Crippen LogP contribution in [0.3, 0.4) is 0 Å². The molecule has 3 N–H and O–H groups in total. The maximum Gasteiger partial charge on any atom is 0.248 e. The van der Waals surface area contributed by atoms with E-state index < -0.39 is 15.3 Å². The number of hydrogen-bond acceptors (Lipinski definition) is 9. The Balaban J connectivity index is 1.68. The second kappa shape index (κ2) is 13.3. The zero-order valence-corrected chi connectivity index (χ0v) is 25.9. The van der Waals surface area contributed by atoms with Crippen molar-refractivity contribution in [3.05, 3.63) is 53.9 Å². The van der Waals surface area contributed by atoms with Gasteiger partial charge < -0.3 is 20.0 Å². The van der Waals surface area contributed by atoms with Crippen LogP contribution in [0, 0.1) is 11.8 Å². The van der Waals surface area contributed by atoms with E-state index in [0.717, 1.165) is 31.6 Å². The molecule has 0 aliphatic heterocycles. The average molecular weight is 584 g/mol. The Morgan fingerprint density at radius 2 is 1.83 bits per heavy atom. The summed E-state index contributed by atoms with van der Waals surface area (Å²) < 4.78 is 34.9. The Bertz CT molecular complexity index is 1380. The normalized spacial score (nSPS) is 19.1. The fraction of sp³-hybridized carbons (Fsp3) is 0.567. The fourth-order valence-electron chi connectivity index (χ4n) is 4.79. The molecule has 224 valence electrons. The quantitative estimate of drug-likeness (QED) is 0.257. The summed E-state index contributed by atoms with van der Waals surface area (Å²) in [6.07, 6.45) is 2.63. The van der Waals surface area contributed by atoms with Crippen molar-refractivity contribution in [1.29, 1.82) is 0 Å². The van der Waals surface area contributed by atoms with Crippen molar-refractivity contribution in [3.63, 3.8) is 0 Å². The van der Waals surface area contributed by atoms with Gasteiger partial charge in [-0.25, -0.2) is 13.4 Å². The van der Waals surface area contributed by atoms with Crippen LogP contribution in [0.15, 0.2) is 46.9 Å². The van der Waals surface area contributed by atoms with Gasteiger partial charge in [-0.2, -0.15) is 0 Å². The first-order valence-corrected chi connectivity index (χ1v) is 16.1. The lowest BCUT2D eigenvalue weighted by molar-refractivity contribution is 0.399. The van der Waals surface area contributed by atoms with Crippen LogP contribution in [0.2, 0.25) is 0 Å². The van der Waals surface area contributed by atoms with Crippen LogP contribution in [0.1, 0.15) is 70.4 Å². The van der Waals surface area contributed by atoms with Gasteiger partial charge in [0.1, 0.15) is 11.6 Å². The molecule has 1 fully saturated rings. The molecule has 1 aromatic carbocycles. The summed E-state index contributed by atoms with van der Waals surface area (Å²) in [7, 11) is 0.499. The molecule has 0 bridgehead atoms. The first-order chi connectivity index (χ1) is 19.5. The molecule has 1 saturated carbocycles. The van der Waals surface area contributed by atoms with E-state index in [4.69, 9.17) is 15.1 Å². The van der Waals surface area contributed by atoms with Gasteiger partial charge in [0, 0.05) is 24.7 Å². The van der Waals surface area contributed by atoms with Crippen LogP contribution >= 0.6 is 0 Å². The third-order valence-corrected chi connectivity index (χ3v) is 9.94. The molecule has 5 atom stereocenters. The molecule has 3 aromatic rings. The molecule has 2 heterocycles. The lowest BCUT2D eigenvalue weighted by Crippen LogP contribution is -2.31. The minimum absolute atomic E-state index is 0.220. The summed E-state index contributed by atoms with van der Waals surface area (Å²) in [5, 5.41) is 8.10. The van der Waals surface area contributed by atoms with Gasteiger partial charge in [0.15, 0.2) is 0 Å². The monoisotopic (exact) mass is 583 g/mol. The lowest BCUT2D eigenvalue weighted by atomic mass is 9.95. The van der Waals surface area contributed by atoms with Crippen LogP contribution in [-0.2, 0) is 10.0 Å². The molecule has 41 heavy (non-hydrogen) atoms. The van der Waals surface area contributed by atoms with Crippen LogP contribution in [-0.4, -0.2) is 67.5 Å². The van der Waals surface area contributed by atoms with Crippen molar-refractivity contribution in [1.82, 2.24) is 20.1 Å². The smallest absolute Gasteiger partial charge is 0.248 e. The predicted octanol–water partition coefficient (Wildman–Crippen LogP) is 4.89. The minimum atomic E-state index is -3.62. The largest absolute Gasteiger partial charge is 0.420 e. The van der Waals surface area contributed by atoms with Crippen molar-refractivity contribution in [2.45, 2.75) is 64.2 Å². The van der Waals surface area contributed by atoms with Gasteiger partial charge in [-0.15, -0.1) is 10.2 Å². The highest BCUT2D eigenvalue weighted by Crippen LogP contribution is 2.39. The Labute approximate surface area is 244 Å². The van der Waals surface area contributed by atoms with Gasteiger partial charge in [-0.3, -0.25) is 4.72 Å². The minimum Gasteiger partial charge on any atom is -0.420 e. The molecule has 11 heteroatoms. The Morgan fingerprint density at radius 3 is 2.46 bits per heavy atom. The van der Waals surface area contributed by atoms with Crippen LogP contribution in [0.5, 0.6) is 0 Å². The summed E-state index contributed by atoms with van der Waals surface area (Å²) in [6, 6.07) is 13.1. The van der Waals surface area contributed by atoms with Gasteiger partial charge in [0.05, 0.1) is 11.2 Å². The van der Waals surface area contributed by atoms with Crippen molar-refractivity contribution in [2.24, 2.45) is 17.6 Å². The third-order valence-electron chi connectivity index (χ3n) is 8.05. The van der Waals surface area contributed by atoms with Crippen LogP contribution < -0.4 is 15.4 Å². The van der Waals surface area contributed by atoms with E-state index in [1.165, 1.54) is 6.42 Å². The number of hydrogen-bond donors (Lipinski definition) is 2. The van der Waals surface area contributed by atoms with Gasteiger partial charge in [-0.05, 0) is 76.4 Å². The van der Waals surface area contributed by atoms with E-state index >= 15 is 0 Å². The zero-order chi connectivity index (χ0) is 29.7. The van der Waals surface area contributed by atoms with E-state index in [-0.39, 0.29) is 17.8 Å². The molecule has 1 aliphatic rings. The fourth-order valence-corrected chi connectivity index (χ4v) is 5.82. The number of sulfonamides is 1. The maximum atomic E-state index is 13.0. The summed E-state index contributed by atoms with van der Waals surface area (Å²) >= 11 is 0. The highest BCUT2D eigenvalue weighted by Gasteiger charge is 2.34. The lowest BCUT2D eigenvalue weighted by Gasteiger charge is -2.26. The third kappa shape index (κ3) is 8.05. The van der Waals surface area contributed by atoms with E-state index in [2.05, 4.69) is 45.7 Å². The maximum absolute atomic E-state index is 13.0. The van der Waals surface area contributed by atoms with Crippen LogP contribution in [0.4, 0.5) is 11.6 Å². The van der Waals surface area contributed by atoms with Gasteiger partial charge in [0.25, 0.3) is 0 Å². The number of anilines is 2. The number of nitrogens with zero attached hydrogens (tertiary/aromatic N) is 5. The standard InChI is InChI=1S/C30H45N7O3S/c1-7-21(3)41(38,39)35-26-17-24(18-27(32-26)37(15-11-14-36(5)6)19-25-16-20(25)2)30-34-33-29(40-30)22(4)28(31)23-12-9-8-10-13-23/h8-10,12-13,17-18,20-22,25,28H,7,11,14-16,19,31H2,1-6H3,(H,32,35). The van der Waals surface area contributed by atoms with Gasteiger partial charge in [-0.1, -0.05) is 51.1 Å². The Kier molecular flexibility index (Phi) is 10.0. The van der Waals surface area contributed by atoms with Crippen molar-refractivity contribution in [3.8, 4) is 11.5 Å². The van der Waals surface area contributed by atoms with Crippen LogP contribution in [0.25, 0.3) is 11.5 Å². The topological polar surface area (TPSA) is 130 Å². The second-order valence-electron chi connectivity index (χ2n) is 11.7. The number of rotatable bonds is 15. The van der Waals surface area contributed by atoms with E-state index in [1.807, 2.05) is 50.2 Å². The average Bonchev–Trinajstić information content (AvgIpc) is 3.42. The number of nitrogens with one attached hydrogen (secondary N) is 1. The van der Waals surface area contributed by atoms with Gasteiger partial charge >= 0.3 is 0 Å². The molecule has 1 aliphatic carbocycles. The second-order valence-corrected chi connectivity index (χ2v) is 13.8. The first-order valence-electron chi connectivity index (χ1n) is 14.6. The molecule has 0 saturated heterocycles. The molecule has 0 spiro atoms. The molecular weight excluding hydrogens is 538 g/mol. The highest BCUT2D eigenvalue weighted by molar-refractivity contribution is 7.93. The highest BCUT2D eigenvalue weighted by atomic mass is 32.2. The van der Waals surface area contributed by atoms with E-state index in [1.54, 1.807) is 13.0 Å². The summed E-state index contributed by atoms with van der Waals surface area (Å²) in [5.41, 5.74) is 8.11. The van der Waals surface area contributed by atoms with E-state index in [0.29, 0.717) is 41.4 Å². The zero-order valence-electron chi connectivity index (χ0n) is 25.1. The van der Waals surface area contributed by atoms with Crippen molar-refractivity contribution >= 4 is 21.7 Å². The van der Waals surface area contributed by atoms with Crippen molar-refractivity contribution < 1.29 is 12.8 Å². The molecule has 4 rings (SSSR count). The molecule has 0 radical (unpaired) electrons. The number of aromatic nitrogens is 3. The molecule has 10 nitrogen and oxygen atoms in total. The number of pyridine rings is 1. The van der Waals surface area contributed by atoms with E-state index in [9.17, 15) is 8.42 Å². The SMILES string of the molecule is CCC(C)S(=O)(=O)Nc1cc(-c2nnc(C(C)C(N)c3ccccc3)o2)cc(N(CCCN(C)C)CC2CC2C)n1. The number of nitrogens with two attached hydrogens (primary N) is 1. The molecular formula is C30H45N7O3S. The Morgan fingerprint density at radius 1 is 1.12 bits per heavy atom. The number of benzene rings is 1. The predicted molar refractivity (Wildman–Crippen MR) is 164 cm³/mol.